The minimum Gasteiger partial charge on any atom is -0.461 e. The third-order valence-corrected chi connectivity index (χ3v) is 4.42. The first-order valence-corrected chi connectivity index (χ1v) is 8.79. The standard InChI is InChI=1S/C18H15O4Si/c19-23(20-16-10-4-1-5-11-16,21-17-12-6-2-7-13-17)22-18-14-8-3-9-15-18/h1-15H. The lowest BCUT2D eigenvalue weighted by atomic mass is 10.3. The summed E-state index contributed by atoms with van der Waals surface area (Å²) in [5.41, 5.74) is 0. The van der Waals surface area contributed by atoms with Crippen LogP contribution in [-0.4, -0.2) is 9.05 Å². The Bertz CT molecular complexity index is 618. The molecular formula is C18H15O4Si. The average Bonchev–Trinajstić information content (AvgIpc) is 2.57. The van der Waals surface area contributed by atoms with Crippen LogP contribution in [0.2, 0.25) is 0 Å². The number of hydrogen-bond acceptors (Lipinski definition) is 3. The Labute approximate surface area is 136 Å². The molecule has 0 N–H and O–H groups in total. The lowest BCUT2D eigenvalue weighted by Gasteiger charge is -2.22. The van der Waals surface area contributed by atoms with E-state index in [0.29, 0.717) is 17.2 Å². The summed E-state index contributed by atoms with van der Waals surface area (Å²) in [6.07, 6.45) is 0. The molecule has 0 spiro atoms. The van der Waals surface area contributed by atoms with E-state index in [-0.39, 0.29) is 0 Å². The zero-order valence-corrected chi connectivity index (χ0v) is 13.3. The van der Waals surface area contributed by atoms with Gasteiger partial charge in [-0.05, 0) is 36.4 Å². The summed E-state index contributed by atoms with van der Waals surface area (Å²) >= 11 is 0. The molecular weight excluding hydrogens is 308 g/mol. The maximum atomic E-state index is 13.1. The molecule has 0 fully saturated rings. The third-order valence-electron chi connectivity index (χ3n) is 2.96. The summed E-state index contributed by atoms with van der Waals surface area (Å²) in [5.74, 6) is 1.25. The van der Waals surface area contributed by atoms with E-state index in [0.717, 1.165) is 0 Å². The maximum absolute atomic E-state index is 13.1. The van der Waals surface area contributed by atoms with Crippen molar-refractivity contribution in [2.45, 2.75) is 0 Å². The first-order chi connectivity index (χ1) is 11.2. The highest BCUT2D eigenvalue weighted by Crippen LogP contribution is 2.22. The average molecular weight is 323 g/mol. The fraction of sp³-hybridized carbons (Fsp3) is 0. The zero-order chi connectivity index (χ0) is 16.0. The van der Waals surface area contributed by atoms with Gasteiger partial charge in [0.1, 0.15) is 17.2 Å². The quantitative estimate of drug-likeness (QED) is 0.642. The number of rotatable bonds is 6. The largest absolute Gasteiger partial charge is 0.921 e. The second-order valence-corrected chi connectivity index (χ2v) is 6.36. The molecule has 0 aliphatic rings. The van der Waals surface area contributed by atoms with E-state index in [9.17, 15) is 4.80 Å². The van der Waals surface area contributed by atoms with Crippen molar-refractivity contribution in [3.63, 3.8) is 0 Å². The lowest BCUT2D eigenvalue weighted by Crippen LogP contribution is -2.54. The Balaban J connectivity index is 1.85. The van der Waals surface area contributed by atoms with Crippen LogP contribution in [-0.2, 0) is 4.80 Å². The van der Waals surface area contributed by atoms with Gasteiger partial charge >= 0.3 is 9.05 Å². The van der Waals surface area contributed by atoms with Crippen molar-refractivity contribution in [1.82, 2.24) is 0 Å². The van der Waals surface area contributed by atoms with Gasteiger partial charge in [0.25, 0.3) is 0 Å². The number of hydrogen-bond donors (Lipinski definition) is 0. The molecule has 115 valence electrons. The van der Waals surface area contributed by atoms with E-state index < -0.39 is 9.05 Å². The molecule has 5 heteroatoms. The van der Waals surface area contributed by atoms with Crippen molar-refractivity contribution in [2.24, 2.45) is 0 Å². The van der Waals surface area contributed by atoms with Crippen LogP contribution in [0.3, 0.4) is 0 Å². The van der Waals surface area contributed by atoms with Crippen LogP contribution < -0.4 is 13.3 Å². The summed E-state index contributed by atoms with van der Waals surface area (Å²) < 4.78 is 16.6. The van der Waals surface area contributed by atoms with Gasteiger partial charge in [0, 0.05) is 0 Å². The van der Waals surface area contributed by atoms with Crippen LogP contribution in [0.25, 0.3) is 0 Å². The second kappa shape index (κ2) is 7.00. The summed E-state index contributed by atoms with van der Waals surface area (Å²) in [6, 6.07) is 26.4. The van der Waals surface area contributed by atoms with Crippen molar-refractivity contribution < 1.29 is 18.1 Å². The minimum atomic E-state index is -4.22. The molecule has 0 unspecified atom stereocenters. The first kappa shape index (κ1) is 15.1. The molecule has 0 aliphatic carbocycles. The molecule has 3 rings (SSSR count). The maximum Gasteiger partial charge on any atom is 0.921 e. The van der Waals surface area contributed by atoms with Crippen molar-refractivity contribution in [1.29, 1.82) is 0 Å². The number of para-hydroxylation sites is 3. The summed E-state index contributed by atoms with van der Waals surface area (Å²) in [6.45, 7) is 0. The summed E-state index contributed by atoms with van der Waals surface area (Å²) in [4.78, 5) is 13.1. The Morgan fingerprint density at radius 2 is 0.739 bits per heavy atom. The van der Waals surface area contributed by atoms with Crippen LogP contribution in [0.1, 0.15) is 0 Å². The molecule has 0 atom stereocenters. The Hall–Kier alpha value is -2.76. The van der Waals surface area contributed by atoms with Crippen molar-refractivity contribution in [3.8, 4) is 17.2 Å². The van der Waals surface area contributed by atoms with E-state index in [2.05, 4.69) is 0 Å². The van der Waals surface area contributed by atoms with Gasteiger partial charge in [0.15, 0.2) is 0 Å². The first-order valence-electron chi connectivity index (χ1n) is 7.16. The predicted molar refractivity (Wildman–Crippen MR) is 87.7 cm³/mol. The molecule has 0 saturated carbocycles. The van der Waals surface area contributed by atoms with E-state index in [4.69, 9.17) is 13.3 Å². The van der Waals surface area contributed by atoms with Crippen molar-refractivity contribution in [3.05, 3.63) is 91.0 Å². The zero-order valence-electron chi connectivity index (χ0n) is 12.3. The smallest absolute Gasteiger partial charge is 0.461 e. The molecule has 4 nitrogen and oxygen atoms in total. The second-order valence-electron chi connectivity index (χ2n) is 4.75. The Morgan fingerprint density at radius 1 is 0.478 bits per heavy atom. The van der Waals surface area contributed by atoms with Gasteiger partial charge in [-0.25, -0.2) is 0 Å². The molecule has 3 aromatic carbocycles. The lowest BCUT2D eigenvalue weighted by molar-refractivity contribution is 0.113. The van der Waals surface area contributed by atoms with Crippen LogP contribution in [0.5, 0.6) is 17.2 Å². The van der Waals surface area contributed by atoms with E-state index in [1.54, 1.807) is 72.8 Å². The highest BCUT2D eigenvalue weighted by Gasteiger charge is 2.53. The Kier molecular flexibility index (Phi) is 4.61. The minimum absolute atomic E-state index is 0.418. The molecule has 3 aromatic rings. The van der Waals surface area contributed by atoms with Gasteiger partial charge in [0.05, 0.1) is 0 Å². The SMILES string of the molecule is [O][Si](Oc1ccccc1)(Oc1ccccc1)Oc1ccccc1. The number of benzene rings is 3. The molecule has 0 amide bonds. The summed E-state index contributed by atoms with van der Waals surface area (Å²) in [7, 11) is -4.22. The highest BCUT2D eigenvalue weighted by molar-refractivity contribution is 6.54. The Morgan fingerprint density at radius 3 is 1.00 bits per heavy atom. The van der Waals surface area contributed by atoms with Crippen LogP contribution in [0.4, 0.5) is 0 Å². The normalized spacial score (nSPS) is 10.8. The van der Waals surface area contributed by atoms with Gasteiger partial charge in [0.2, 0.25) is 0 Å². The molecule has 0 saturated heterocycles. The monoisotopic (exact) mass is 323 g/mol. The van der Waals surface area contributed by atoms with Crippen LogP contribution in [0.15, 0.2) is 91.0 Å². The van der Waals surface area contributed by atoms with Crippen molar-refractivity contribution >= 4 is 9.05 Å². The fourth-order valence-corrected chi connectivity index (χ4v) is 3.36. The highest BCUT2D eigenvalue weighted by atomic mass is 28.4. The van der Waals surface area contributed by atoms with Crippen LogP contribution >= 0.6 is 0 Å². The van der Waals surface area contributed by atoms with Gasteiger partial charge in [-0.1, -0.05) is 54.6 Å². The van der Waals surface area contributed by atoms with Crippen molar-refractivity contribution in [2.75, 3.05) is 0 Å². The van der Waals surface area contributed by atoms with Gasteiger partial charge in [-0.2, -0.15) is 4.80 Å². The van der Waals surface area contributed by atoms with Gasteiger partial charge in [-0.15, -0.1) is 0 Å². The molecule has 0 heterocycles. The molecule has 0 aromatic heterocycles. The predicted octanol–water partition coefficient (Wildman–Crippen LogP) is 4.09. The fourth-order valence-electron chi connectivity index (χ4n) is 1.96. The molecule has 0 bridgehead atoms. The van der Waals surface area contributed by atoms with Crippen LogP contribution in [0, 0.1) is 0 Å². The molecule has 23 heavy (non-hydrogen) atoms. The molecule has 1 radical (unpaired) electrons. The topological polar surface area (TPSA) is 47.6 Å². The molecule has 0 aliphatic heterocycles. The van der Waals surface area contributed by atoms with E-state index in [1.165, 1.54) is 0 Å². The van der Waals surface area contributed by atoms with Gasteiger partial charge in [-0.3, -0.25) is 0 Å². The summed E-state index contributed by atoms with van der Waals surface area (Å²) in [5, 5.41) is 0. The third kappa shape index (κ3) is 4.35. The van der Waals surface area contributed by atoms with E-state index >= 15 is 0 Å². The van der Waals surface area contributed by atoms with E-state index in [1.807, 2.05) is 18.2 Å². The van der Waals surface area contributed by atoms with Gasteiger partial charge < -0.3 is 13.3 Å².